The van der Waals surface area contributed by atoms with Gasteiger partial charge in [-0.1, -0.05) is 0 Å². The largest absolute Gasteiger partial charge is 0.450 e. The molecule has 3 amide bonds. The third-order valence-electron chi connectivity index (χ3n) is 6.24. The Bertz CT molecular complexity index is 1270. The maximum absolute atomic E-state index is 13.1. The number of nitrogens with zero attached hydrogens (tertiary/aromatic N) is 3. The second-order valence-electron chi connectivity index (χ2n) is 8.63. The molecule has 0 spiro atoms. The number of likely N-dealkylation sites (N-methyl/N-ethyl adjacent to an activating group) is 1. The van der Waals surface area contributed by atoms with Crippen LogP contribution in [-0.4, -0.2) is 86.8 Å². The van der Waals surface area contributed by atoms with Crippen molar-refractivity contribution in [1.29, 1.82) is 0 Å². The third-order valence-corrected chi connectivity index (χ3v) is 9.29. The van der Waals surface area contributed by atoms with E-state index in [9.17, 15) is 22.8 Å². The maximum Gasteiger partial charge on any atom is 0.409 e. The number of primary amides is 1. The van der Waals surface area contributed by atoms with Gasteiger partial charge in [-0.25, -0.2) is 13.2 Å². The molecule has 1 fully saturated rings. The zero-order valence-electron chi connectivity index (χ0n) is 20.6. The van der Waals surface area contributed by atoms with E-state index in [1.807, 2.05) is 7.05 Å². The van der Waals surface area contributed by atoms with Crippen molar-refractivity contribution in [1.82, 2.24) is 14.1 Å². The quantitative estimate of drug-likeness (QED) is 0.539. The normalized spacial score (nSPS) is 16.4. The number of hydrogen-bond donors (Lipinski definition) is 2. The molecule has 1 aromatic carbocycles. The lowest BCUT2D eigenvalue weighted by atomic mass is 10.0. The molecule has 11 nitrogen and oxygen atoms in total. The Morgan fingerprint density at radius 1 is 1.08 bits per heavy atom. The van der Waals surface area contributed by atoms with Crippen LogP contribution in [0.2, 0.25) is 0 Å². The highest BCUT2D eigenvalue weighted by Crippen LogP contribution is 2.37. The first kappa shape index (κ1) is 28.9. The smallest absolute Gasteiger partial charge is 0.409 e. The standard InChI is InChI=1S/C23H29N5O6S2.ClH/c1-3-34-23(31)27-10-12-28(13-11-27)36(32,33)16-6-4-15(5-7-16)21(30)25-22-19(20(24)29)17-8-9-26(2)14-18(17)35-22;/h4-7H,3,8-14H2,1-2H3,(H2,24,29)(H,25,30);1H. The molecule has 0 radical (unpaired) electrons. The van der Waals surface area contributed by atoms with E-state index >= 15 is 0 Å². The number of anilines is 1. The molecule has 4 rings (SSSR count). The molecule has 0 atom stereocenters. The summed E-state index contributed by atoms with van der Waals surface area (Å²) in [5.41, 5.74) is 7.09. The van der Waals surface area contributed by atoms with Gasteiger partial charge in [0.15, 0.2) is 0 Å². The molecule has 0 saturated carbocycles. The topological polar surface area (TPSA) is 142 Å². The number of thiophene rings is 1. The minimum Gasteiger partial charge on any atom is -0.450 e. The van der Waals surface area contributed by atoms with Gasteiger partial charge in [-0.15, -0.1) is 23.7 Å². The predicted molar refractivity (Wildman–Crippen MR) is 142 cm³/mol. The van der Waals surface area contributed by atoms with E-state index in [2.05, 4.69) is 10.2 Å². The fourth-order valence-corrected chi connectivity index (χ4v) is 7.06. The first-order chi connectivity index (χ1) is 17.1. The molecule has 3 heterocycles. The molecule has 37 heavy (non-hydrogen) atoms. The summed E-state index contributed by atoms with van der Waals surface area (Å²) in [4.78, 5) is 41.5. The Labute approximate surface area is 226 Å². The van der Waals surface area contributed by atoms with Gasteiger partial charge in [-0.2, -0.15) is 4.31 Å². The summed E-state index contributed by atoms with van der Waals surface area (Å²) in [5.74, 6) is -1.05. The van der Waals surface area contributed by atoms with E-state index in [0.717, 1.165) is 17.0 Å². The van der Waals surface area contributed by atoms with Gasteiger partial charge in [-0.3, -0.25) is 9.59 Å². The van der Waals surface area contributed by atoms with Gasteiger partial charge in [0.2, 0.25) is 10.0 Å². The van der Waals surface area contributed by atoms with E-state index in [0.29, 0.717) is 23.5 Å². The number of rotatable bonds is 6. The number of benzene rings is 1. The lowest BCUT2D eigenvalue weighted by molar-refractivity contribution is 0.0933. The zero-order valence-corrected chi connectivity index (χ0v) is 23.0. The summed E-state index contributed by atoms with van der Waals surface area (Å²) in [6, 6.07) is 5.63. The summed E-state index contributed by atoms with van der Waals surface area (Å²) >= 11 is 1.33. The van der Waals surface area contributed by atoms with Crippen molar-refractivity contribution in [2.75, 3.05) is 51.7 Å². The number of carbonyl (C=O) groups excluding carboxylic acids is 3. The van der Waals surface area contributed by atoms with Gasteiger partial charge in [0, 0.05) is 49.7 Å². The van der Waals surface area contributed by atoms with Crippen LogP contribution in [0, 0.1) is 0 Å². The summed E-state index contributed by atoms with van der Waals surface area (Å²) in [7, 11) is -1.80. The van der Waals surface area contributed by atoms with E-state index in [1.165, 1.54) is 44.8 Å². The van der Waals surface area contributed by atoms with Crippen molar-refractivity contribution >= 4 is 56.7 Å². The van der Waals surface area contributed by atoms with E-state index in [-0.39, 0.29) is 55.7 Å². The molecule has 14 heteroatoms. The summed E-state index contributed by atoms with van der Waals surface area (Å²) in [6.45, 7) is 4.22. The Morgan fingerprint density at radius 2 is 1.73 bits per heavy atom. The van der Waals surface area contributed by atoms with Gasteiger partial charge >= 0.3 is 6.09 Å². The highest BCUT2D eigenvalue weighted by atomic mass is 35.5. The molecule has 1 aromatic heterocycles. The maximum atomic E-state index is 13.1. The Kier molecular flexibility index (Phi) is 9.18. The molecule has 0 aliphatic carbocycles. The number of carbonyl (C=O) groups is 3. The van der Waals surface area contributed by atoms with Crippen molar-refractivity contribution in [2.45, 2.75) is 24.8 Å². The Hall–Kier alpha value is -2.71. The fraction of sp³-hybridized carbons (Fsp3) is 0.435. The first-order valence-corrected chi connectivity index (χ1v) is 13.8. The highest BCUT2D eigenvalue weighted by molar-refractivity contribution is 7.89. The number of amides is 3. The molecule has 0 unspecified atom stereocenters. The summed E-state index contributed by atoms with van der Waals surface area (Å²) < 4.78 is 32.4. The van der Waals surface area contributed by atoms with E-state index in [1.54, 1.807) is 6.92 Å². The number of nitrogens with one attached hydrogen (secondary N) is 1. The minimum atomic E-state index is -3.79. The van der Waals surface area contributed by atoms with Crippen LogP contribution in [0.3, 0.4) is 0 Å². The second-order valence-corrected chi connectivity index (χ2v) is 11.7. The number of ether oxygens (including phenoxy) is 1. The van der Waals surface area contributed by atoms with Crippen LogP contribution in [0.25, 0.3) is 0 Å². The van der Waals surface area contributed by atoms with Crippen LogP contribution in [0.1, 0.15) is 38.1 Å². The van der Waals surface area contributed by atoms with Gasteiger partial charge in [0.25, 0.3) is 11.8 Å². The van der Waals surface area contributed by atoms with Gasteiger partial charge in [0.05, 0.1) is 17.1 Å². The van der Waals surface area contributed by atoms with Crippen molar-refractivity contribution < 1.29 is 27.5 Å². The van der Waals surface area contributed by atoms with E-state index in [4.69, 9.17) is 10.5 Å². The molecule has 2 aromatic rings. The van der Waals surface area contributed by atoms with Crippen LogP contribution in [0.5, 0.6) is 0 Å². The van der Waals surface area contributed by atoms with E-state index < -0.39 is 27.9 Å². The second kappa shape index (κ2) is 11.8. The number of piperazine rings is 1. The van der Waals surface area contributed by atoms with Crippen LogP contribution in [0.15, 0.2) is 29.2 Å². The molecular formula is C23H30ClN5O6S2. The van der Waals surface area contributed by atoms with Crippen LogP contribution in [-0.2, 0) is 27.7 Å². The number of sulfonamides is 1. The van der Waals surface area contributed by atoms with Crippen LogP contribution >= 0.6 is 23.7 Å². The summed E-state index contributed by atoms with van der Waals surface area (Å²) in [5, 5.41) is 3.19. The van der Waals surface area contributed by atoms with Crippen LogP contribution < -0.4 is 11.1 Å². The number of hydrogen-bond acceptors (Lipinski definition) is 8. The number of fused-ring (bicyclic) bond motifs is 1. The van der Waals surface area contributed by atoms with Crippen LogP contribution in [0.4, 0.5) is 9.80 Å². The van der Waals surface area contributed by atoms with Gasteiger partial charge in [-0.05, 0) is 50.2 Å². The molecule has 1 saturated heterocycles. The molecule has 0 bridgehead atoms. The molecule has 2 aliphatic rings. The lowest BCUT2D eigenvalue weighted by Crippen LogP contribution is -2.50. The number of halogens is 1. The van der Waals surface area contributed by atoms with Crippen molar-refractivity contribution in [2.24, 2.45) is 5.73 Å². The molecule has 202 valence electrons. The Balaban J connectivity index is 0.00000380. The van der Waals surface area contributed by atoms with Crippen molar-refractivity contribution in [3.05, 3.63) is 45.8 Å². The summed E-state index contributed by atoms with van der Waals surface area (Å²) in [6.07, 6.45) is 0.222. The third kappa shape index (κ3) is 6.07. The SMILES string of the molecule is CCOC(=O)N1CCN(S(=O)(=O)c2ccc(C(=O)Nc3sc4c(c3C(N)=O)CCN(C)C4)cc2)CC1.Cl. The zero-order chi connectivity index (χ0) is 26.0. The van der Waals surface area contributed by atoms with Crippen molar-refractivity contribution in [3.8, 4) is 0 Å². The number of nitrogens with two attached hydrogens (primary N) is 1. The predicted octanol–water partition coefficient (Wildman–Crippen LogP) is 1.97. The van der Waals surface area contributed by atoms with Gasteiger partial charge < -0.3 is 25.6 Å². The van der Waals surface area contributed by atoms with Crippen molar-refractivity contribution in [3.63, 3.8) is 0 Å². The molecular weight excluding hydrogens is 542 g/mol. The Morgan fingerprint density at radius 3 is 2.32 bits per heavy atom. The first-order valence-electron chi connectivity index (χ1n) is 11.6. The monoisotopic (exact) mass is 571 g/mol. The minimum absolute atomic E-state index is 0. The molecule has 2 aliphatic heterocycles. The lowest BCUT2D eigenvalue weighted by Gasteiger charge is -2.33. The van der Waals surface area contributed by atoms with Gasteiger partial charge in [0.1, 0.15) is 5.00 Å². The fourth-order valence-electron chi connectivity index (χ4n) is 4.31. The highest BCUT2D eigenvalue weighted by Gasteiger charge is 2.31. The molecule has 3 N–H and O–H groups in total. The average Bonchev–Trinajstić information content (AvgIpc) is 3.21. The average molecular weight is 572 g/mol.